The Balaban J connectivity index is 2.79. The van der Waals surface area contributed by atoms with Gasteiger partial charge in [0.15, 0.2) is 0 Å². The van der Waals surface area contributed by atoms with E-state index in [9.17, 15) is 0 Å². The zero-order valence-electron chi connectivity index (χ0n) is 9.11. The van der Waals surface area contributed by atoms with Crippen molar-refractivity contribution in [2.45, 2.75) is 13.3 Å². The van der Waals surface area contributed by atoms with E-state index in [1.54, 1.807) is 19.4 Å². The van der Waals surface area contributed by atoms with Gasteiger partial charge in [-0.15, -0.1) is 11.6 Å². The first-order valence-corrected chi connectivity index (χ1v) is 5.53. The summed E-state index contributed by atoms with van der Waals surface area (Å²) in [5, 5.41) is 0. The van der Waals surface area contributed by atoms with E-state index in [4.69, 9.17) is 16.3 Å². The zero-order chi connectivity index (χ0) is 11.1. The lowest BCUT2D eigenvalue weighted by molar-refractivity contribution is 0.396. The minimum atomic E-state index is 0.570. The first-order chi connectivity index (χ1) is 7.31. The van der Waals surface area contributed by atoms with Crippen molar-refractivity contribution < 1.29 is 4.74 Å². The van der Waals surface area contributed by atoms with Gasteiger partial charge in [-0.1, -0.05) is 6.92 Å². The summed E-state index contributed by atoms with van der Waals surface area (Å²) in [6.07, 6.45) is 2.73. The molecule has 0 spiro atoms. The number of nitrogens with zero attached hydrogens (tertiary/aromatic N) is 3. The van der Waals surface area contributed by atoms with Gasteiger partial charge in [0.05, 0.1) is 7.11 Å². The van der Waals surface area contributed by atoms with E-state index in [1.165, 1.54) is 0 Å². The molecule has 15 heavy (non-hydrogen) atoms. The third-order valence-corrected chi connectivity index (χ3v) is 2.13. The summed E-state index contributed by atoms with van der Waals surface area (Å²) in [6.45, 7) is 3.77. The second kappa shape index (κ2) is 6.45. The SMILES string of the molecule is CCCN(CCCl)c1nccc(OC)n1. The Labute approximate surface area is 95.2 Å². The van der Waals surface area contributed by atoms with E-state index >= 15 is 0 Å². The van der Waals surface area contributed by atoms with Gasteiger partial charge in [-0.25, -0.2) is 4.98 Å². The molecule has 1 aromatic rings. The third kappa shape index (κ3) is 3.55. The fourth-order valence-electron chi connectivity index (χ4n) is 1.28. The third-order valence-electron chi connectivity index (χ3n) is 1.96. The lowest BCUT2D eigenvalue weighted by atomic mass is 10.4. The van der Waals surface area contributed by atoms with E-state index in [0.717, 1.165) is 19.5 Å². The Morgan fingerprint density at radius 2 is 2.27 bits per heavy atom. The van der Waals surface area contributed by atoms with Crippen LogP contribution in [0.1, 0.15) is 13.3 Å². The highest BCUT2D eigenvalue weighted by Gasteiger charge is 2.08. The number of hydrogen-bond acceptors (Lipinski definition) is 4. The Morgan fingerprint density at radius 1 is 1.47 bits per heavy atom. The maximum Gasteiger partial charge on any atom is 0.228 e. The summed E-state index contributed by atoms with van der Waals surface area (Å²) < 4.78 is 5.05. The molecule has 4 nitrogen and oxygen atoms in total. The molecule has 0 amide bonds. The molecule has 0 N–H and O–H groups in total. The van der Waals surface area contributed by atoms with Crippen LogP contribution in [0.2, 0.25) is 0 Å². The van der Waals surface area contributed by atoms with Crippen LogP contribution in [-0.4, -0.2) is 36.0 Å². The summed E-state index contributed by atoms with van der Waals surface area (Å²) >= 11 is 5.73. The predicted molar refractivity (Wildman–Crippen MR) is 61.8 cm³/mol. The van der Waals surface area contributed by atoms with E-state index in [1.807, 2.05) is 0 Å². The van der Waals surface area contributed by atoms with Gasteiger partial charge in [0, 0.05) is 31.2 Å². The number of rotatable bonds is 6. The standard InChI is InChI=1S/C10H16ClN3O/c1-3-7-14(8-5-11)10-12-6-4-9(13-10)15-2/h4,6H,3,5,7-8H2,1-2H3. The molecule has 1 rings (SSSR count). The largest absolute Gasteiger partial charge is 0.481 e. The Kier molecular flexibility index (Phi) is 5.18. The van der Waals surface area contributed by atoms with Gasteiger partial charge >= 0.3 is 0 Å². The van der Waals surface area contributed by atoms with Gasteiger partial charge in [-0.2, -0.15) is 4.98 Å². The van der Waals surface area contributed by atoms with Crippen molar-refractivity contribution in [3.63, 3.8) is 0 Å². The molecule has 0 aromatic carbocycles. The first kappa shape index (κ1) is 12.0. The minimum Gasteiger partial charge on any atom is -0.481 e. The average molecular weight is 230 g/mol. The fraction of sp³-hybridized carbons (Fsp3) is 0.600. The number of aromatic nitrogens is 2. The summed E-state index contributed by atoms with van der Waals surface area (Å²) in [5.74, 6) is 1.83. The van der Waals surface area contributed by atoms with E-state index in [-0.39, 0.29) is 0 Å². The van der Waals surface area contributed by atoms with Crippen molar-refractivity contribution in [2.24, 2.45) is 0 Å². The molecule has 0 fully saturated rings. The molecule has 0 radical (unpaired) electrons. The molecule has 0 aliphatic carbocycles. The highest BCUT2D eigenvalue weighted by molar-refractivity contribution is 6.18. The molecular formula is C10H16ClN3O. The Bertz CT molecular complexity index is 290. The zero-order valence-corrected chi connectivity index (χ0v) is 9.87. The number of methoxy groups -OCH3 is 1. The summed E-state index contributed by atoms with van der Waals surface area (Å²) in [6, 6.07) is 1.73. The van der Waals surface area contributed by atoms with Gasteiger partial charge in [-0.05, 0) is 6.42 Å². The Hall–Kier alpha value is -1.03. The second-order valence-corrected chi connectivity index (χ2v) is 3.45. The van der Waals surface area contributed by atoms with Crippen LogP contribution in [0.25, 0.3) is 0 Å². The van der Waals surface area contributed by atoms with Crippen molar-refractivity contribution >= 4 is 17.5 Å². The van der Waals surface area contributed by atoms with Crippen LogP contribution < -0.4 is 9.64 Å². The van der Waals surface area contributed by atoms with Gasteiger partial charge < -0.3 is 9.64 Å². The summed E-state index contributed by atoms with van der Waals surface area (Å²) in [5.41, 5.74) is 0. The molecule has 5 heteroatoms. The lowest BCUT2D eigenvalue weighted by Gasteiger charge is -2.20. The highest BCUT2D eigenvalue weighted by atomic mass is 35.5. The number of halogens is 1. The van der Waals surface area contributed by atoms with Crippen molar-refractivity contribution in [1.82, 2.24) is 9.97 Å². The molecule has 0 saturated heterocycles. The van der Waals surface area contributed by atoms with Crippen LogP contribution in [0.3, 0.4) is 0 Å². The van der Waals surface area contributed by atoms with Crippen molar-refractivity contribution in [3.8, 4) is 5.88 Å². The molecule has 1 aromatic heterocycles. The molecule has 0 aliphatic heterocycles. The first-order valence-electron chi connectivity index (χ1n) is 4.99. The van der Waals surface area contributed by atoms with E-state index in [2.05, 4.69) is 21.8 Å². The molecule has 0 atom stereocenters. The lowest BCUT2D eigenvalue weighted by Crippen LogP contribution is -2.28. The number of ether oxygens (including phenoxy) is 1. The molecule has 0 aliphatic rings. The smallest absolute Gasteiger partial charge is 0.228 e. The molecule has 0 unspecified atom stereocenters. The van der Waals surface area contributed by atoms with Crippen molar-refractivity contribution in [2.75, 3.05) is 31.0 Å². The van der Waals surface area contributed by atoms with Crippen LogP contribution >= 0.6 is 11.6 Å². The minimum absolute atomic E-state index is 0.570. The van der Waals surface area contributed by atoms with Crippen LogP contribution in [0, 0.1) is 0 Å². The van der Waals surface area contributed by atoms with Crippen LogP contribution in [0.4, 0.5) is 5.95 Å². The Morgan fingerprint density at radius 3 is 2.87 bits per heavy atom. The molecule has 84 valence electrons. The van der Waals surface area contributed by atoms with Gasteiger partial charge in [0.25, 0.3) is 0 Å². The van der Waals surface area contributed by atoms with Gasteiger partial charge in [-0.3, -0.25) is 0 Å². The van der Waals surface area contributed by atoms with E-state index < -0.39 is 0 Å². The van der Waals surface area contributed by atoms with Gasteiger partial charge in [0.1, 0.15) is 0 Å². The highest BCUT2D eigenvalue weighted by Crippen LogP contribution is 2.12. The number of anilines is 1. The normalized spacial score (nSPS) is 10.1. The summed E-state index contributed by atoms with van der Waals surface area (Å²) in [7, 11) is 1.60. The average Bonchev–Trinajstić information content (AvgIpc) is 2.29. The monoisotopic (exact) mass is 229 g/mol. The number of alkyl halides is 1. The molecule has 0 bridgehead atoms. The van der Waals surface area contributed by atoms with Crippen LogP contribution in [0.15, 0.2) is 12.3 Å². The number of hydrogen-bond donors (Lipinski definition) is 0. The molecule has 0 saturated carbocycles. The maximum absolute atomic E-state index is 5.73. The van der Waals surface area contributed by atoms with Crippen LogP contribution in [-0.2, 0) is 0 Å². The maximum atomic E-state index is 5.73. The second-order valence-electron chi connectivity index (χ2n) is 3.08. The van der Waals surface area contributed by atoms with Crippen molar-refractivity contribution in [1.29, 1.82) is 0 Å². The topological polar surface area (TPSA) is 38.2 Å². The van der Waals surface area contributed by atoms with Crippen molar-refractivity contribution in [3.05, 3.63) is 12.3 Å². The molecular weight excluding hydrogens is 214 g/mol. The predicted octanol–water partition coefficient (Wildman–Crippen LogP) is 1.94. The van der Waals surface area contributed by atoms with Gasteiger partial charge in [0.2, 0.25) is 11.8 Å². The fourth-order valence-corrected chi connectivity index (χ4v) is 1.49. The quantitative estimate of drug-likeness (QED) is 0.699. The van der Waals surface area contributed by atoms with Crippen LogP contribution in [0.5, 0.6) is 5.88 Å². The summed E-state index contributed by atoms with van der Waals surface area (Å²) in [4.78, 5) is 10.5. The van der Waals surface area contributed by atoms with E-state index in [0.29, 0.717) is 17.7 Å². The molecule has 1 heterocycles.